The molecule has 0 unspecified atom stereocenters. The summed E-state index contributed by atoms with van der Waals surface area (Å²) in [5.74, 6) is -0.521. The van der Waals surface area contributed by atoms with Gasteiger partial charge in [0.1, 0.15) is 0 Å². The van der Waals surface area contributed by atoms with Gasteiger partial charge >= 0.3 is 0 Å². The maximum absolute atomic E-state index is 13.3. The first-order valence-electron chi connectivity index (χ1n) is 11.4. The number of benzene rings is 2. The first kappa shape index (κ1) is 21.7. The fourth-order valence-corrected chi connectivity index (χ4v) is 4.58. The highest BCUT2D eigenvalue weighted by molar-refractivity contribution is 6.40. The van der Waals surface area contributed by atoms with Gasteiger partial charge in [0.05, 0.1) is 22.5 Å². The molecule has 0 spiro atoms. The van der Waals surface area contributed by atoms with Crippen molar-refractivity contribution in [1.29, 1.82) is 0 Å². The standard InChI is InChI=1S/C29H23NO4/c1-17(2)13-14-30-24(22-15-26(31)18-7-3-5-9-20(18)28(22)33)11-12-25(30)23-16-27(32)19-8-4-6-10-21(19)29(23)34/h3-12,15-17H,13-14H2,1-2H3. The van der Waals surface area contributed by atoms with E-state index in [2.05, 4.69) is 13.8 Å². The number of hydrogen-bond acceptors (Lipinski definition) is 4. The fraction of sp³-hybridized carbons (Fsp3) is 0.172. The summed E-state index contributed by atoms with van der Waals surface area (Å²) in [5.41, 5.74) is 3.28. The van der Waals surface area contributed by atoms with E-state index in [0.29, 0.717) is 57.3 Å². The molecule has 1 heterocycles. The molecule has 0 bridgehead atoms. The Hall–Kier alpha value is -4.12. The molecule has 0 saturated heterocycles. The lowest BCUT2D eigenvalue weighted by Gasteiger charge is -2.21. The topological polar surface area (TPSA) is 73.2 Å². The first-order valence-corrected chi connectivity index (χ1v) is 11.4. The number of carbonyl (C=O) groups excluding carboxylic acids is 4. The molecule has 3 aromatic rings. The summed E-state index contributed by atoms with van der Waals surface area (Å²) in [7, 11) is 0. The van der Waals surface area contributed by atoms with E-state index in [1.807, 2.05) is 4.57 Å². The van der Waals surface area contributed by atoms with Gasteiger partial charge in [-0.25, -0.2) is 0 Å². The molecule has 0 amide bonds. The van der Waals surface area contributed by atoms with Crippen molar-refractivity contribution >= 4 is 34.3 Å². The molecule has 0 saturated carbocycles. The van der Waals surface area contributed by atoms with Gasteiger partial charge in [0.25, 0.3) is 0 Å². The summed E-state index contributed by atoms with van der Waals surface area (Å²) in [6, 6.07) is 17.1. The summed E-state index contributed by atoms with van der Waals surface area (Å²) in [6.45, 7) is 4.73. The Morgan fingerprint density at radius 1 is 0.618 bits per heavy atom. The van der Waals surface area contributed by atoms with Crippen LogP contribution < -0.4 is 0 Å². The van der Waals surface area contributed by atoms with Gasteiger partial charge in [-0.3, -0.25) is 19.2 Å². The highest BCUT2D eigenvalue weighted by Gasteiger charge is 2.31. The Morgan fingerprint density at radius 2 is 1.03 bits per heavy atom. The van der Waals surface area contributed by atoms with Gasteiger partial charge < -0.3 is 4.57 Å². The van der Waals surface area contributed by atoms with Crippen molar-refractivity contribution in [2.75, 3.05) is 0 Å². The number of aromatic nitrogens is 1. The van der Waals surface area contributed by atoms with Gasteiger partial charge in [0.2, 0.25) is 0 Å². The molecular weight excluding hydrogens is 426 g/mol. The lowest BCUT2D eigenvalue weighted by molar-refractivity contribution is 0.100. The Kier molecular flexibility index (Phi) is 5.33. The van der Waals surface area contributed by atoms with E-state index in [9.17, 15) is 19.2 Å². The van der Waals surface area contributed by atoms with Crippen LogP contribution in [0.1, 0.15) is 73.1 Å². The highest BCUT2D eigenvalue weighted by Crippen LogP contribution is 2.34. The minimum absolute atomic E-state index is 0.222. The molecule has 2 aromatic carbocycles. The molecule has 34 heavy (non-hydrogen) atoms. The van der Waals surface area contributed by atoms with E-state index < -0.39 is 0 Å². The van der Waals surface area contributed by atoms with Gasteiger partial charge in [-0.2, -0.15) is 0 Å². The zero-order valence-electron chi connectivity index (χ0n) is 19.0. The summed E-state index contributed by atoms with van der Waals surface area (Å²) >= 11 is 0. The average Bonchev–Trinajstić information content (AvgIpc) is 3.25. The fourth-order valence-electron chi connectivity index (χ4n) is 4.58. The smallest absolute Gasteiger partial charge is 0.196 e. The predicted octanol–water partition coefficient (Wildman–Crippen LogP) is 5.46. The summed E-state index contributed by atoms with van der Waals surface area (Å²) in [6.07, 6.45) is 3.56. The van der Waals surface area contributed by atoms with Gasteiger partial charge in [-0.05, 0) is 36.6 Å². The molecule has 0 aliphatic heterocycles. The summed E-state index contributed by atoms with van der Waals surface area (Å²) in [4.78, 5) is 52.3. The number of rotatable bonds is 5. The van der Waals surface area contributed by atoms with Crippen molar-refractivity contribution < 1.29 is 19.2 Å². The minimum Gasteiger partial charge on any atom is -0.340 e. The Bertz CT molecular complexity index is 1350. The minimum atomic E-state index is -0.226. The van der Waals surface area contributed by atoms with Crippen LogP contribution in [0.4, 0.5) is 0 Å². The van der Waals surface area contributed by atoms with E-state index in [1.165, 1.54) is 12.2 Å². The summed E-state index contributed by atoms with van der Waals surface area (Å²) in [5, 5.41) is 0. The lowest BCUT2D eigenvalue weighted by atomic mass is 9.88. The molecule has 2 aliphatic carbocycles. The molecule has 0 atom stereocenters. The van der Waals surface area contributed by atoms with Crippen LogP contribution in [0.25, 0.3) is 11.1 Å². The normalized spacial score (nSPS) is 15.3. The van der Waals surface area contributed by atoms with Crippen molar-refractivity contribution in [3.8, 4) is 0 Å². The van der Waals surface area contributed by atoms with E-state index >= 15 is 0 Å². The van der Waals surface area contributed by atoms with Gasteiger partial charge in [0, 0.05) is 28.8 Å². The largest absolute Gasteiger partial charge is 0.340 e. The van der Waals surface area contributed by atoms with Gasteiger partial charge in [0.15, 0.2) is 23.1 Å². The number of ketones is 4. The van der Waals surface area contributed by atoms with Crippen LogP contribution in [0.5, 0.6) is 0 Å². The molecule has 5 nitrogen and oxygen atoms in total. The number of fused-ring (bicyclic) bond motifs is 2. The van der Waals surface area contributed by atoms with Crippen LogP contribution in [0.15, 0.2) is 72.8 Å². The highest BCUT2D eigenvalue weighted by atomic mass is 16.1. The molecule has 2 aliphatic rings. The number of nitrogens with zero attached hydrogens (tertiary/aromatic N) is 1. The second kappa shape index (κ2) is 8.34. The quantitative estimate of drug-likeness (QED) is 0.519. The van der Waals surface area contributed by atoms with Gasteiger partial charge in [-0.15, -0.1) is 0 Å². The maximum atomic E-state index is 13.3. The van der Waals surface area contributed by atoms with Crippen LogP contribution in [0, 0.1) is 5.92 Å². The number of Topliss-reactive ketones (excluding diaryl/α,β-unsaturated/α-hetero) is 2. The predicted molar refractivity (Wildman–Crippen MR) is 130 cm³/mol. The van der Waals surface area contributed by atoms with Crippen molar-refractivity contribution in [3.05, 3.63) is 106 Å². The third kappa shape index (κ3) is 3.50. The number of carbonyl (C=O) groups is 4. The zero-order chi connectivity index (χ0) is 24.0. The average molecular weight is 450 g/mol. The van der Waals surface area contributed by atoms with E-state index in [-0.39, 0.29) is 23.1 Å². The molecule has 5 rings (SSSR count). The van der Waals surface area contributed by atoms with Crippen LogP contribution in [-0.2, 0) is 6.54 Å². The molecule has 168 valence electrons. The third-order valence-electron chi connectivity index (χ3n) is 6.38. The maximum Gasteiger partial charge on any atom is 0.196 e. The van der Waals surface area contributed by atoms with E-state index in [4.69, 9.17) is 0 Å². The van der Waals surface area contributed by atoms with E-state index in [1.54, 1.807) is 60.7 Å². The van der Waals surface area contributed by atoms with Crippen molar-refractivity contribution in [3.63, 3.8) is 0 Å². The van der Waals surface area contributed by atoms with Crippen molar-refractivity contribution in [1.82, 2.24) is 4.57 Å². The molecule has 0 radical (unpaired) electrons. The number of hydrogen-bond donors (Lipinski definition) is 0. The second-order valence-electron chi connectivity index (χ2n) is 9.03. The Labute approximate surface area is 197 Å². The molecule has 1 aromatic heterocycles. The van der Waals surface area contributed by atoms with Crippen LogP contribution in [-0.4, -0.2) is 27.7 Å². The molecule has 0 fully saturated rings. The Balaban J connectivity index is 1.64. The summed E-state index contributed by atoms with van der Waals surface area (Å²) < 4.78 is 1.90. The zero-order valence-corrected chi connectivity index (χ0v) is 19.0. The van der Waals surface area contributed by atoms with Gasteiger partial charge in [-0.1, -0.05) is 62.4 Å². The van der Waals surface area contributed by atoms with Crippen molar-refractivity contribution in [2.45, 2.75) is 26.8 Å². The van der Waals surface area contributed by atoms with Crippen molar-refractivity contribution in [2.24, 2.45) is 5.92 Å². The van der Waals surface area contributed by atoms with Crippen LogP contribution in [0.3, 0.4) is 0 Å². The number of allylic oxidation sites excluding steroid dienone is 4. The first-order chi connectivity index (χ1) is 16.4. The van der Waals surface area contributed by atoms with Crippen LogP contribution in [0.2, 0.25) is 0 Å². The SMILES string of the molecule is CC(C)CCn1c(C2=CC(=O)c3ccccc3C2=O)ccc1C1=CC(=O)c2ccccc2C1=O. The molecule has 5 heteroatoms. The third-order valence-corrected chi connectivity index (χ3v) is 6.38. The molecular formula is C29H23NO4. The second-order valence-corrected chi connectivity index (χ2v) is 9.03. The lowest BCUT2D eigenvalue weighted by Crippen LogP contribution is -2.21. The monoisotopic (exact) mass is 449 g/mol. The Morgan fingerprint density at radius 3 is 1.44 bits per heavy atom. The van der Waals surface area contributed by atoms with E-state index in [0.717, 1.165) is 6.42 Å². The van der Waals surface area contributed by atoms with Crippen LogP contribution >= 0.6 is 0 Å². The molecule has 0 N–H and O–H groups in total.